The number of hydrogen-bond acceptors (Lipinski definition) is 5. The van der Waals surface area contributed by atoms with Gasteiger partial charge in [-0.1, -0.05) is 24.3 Å². The standard InChI is InChI=1S/C27H25FN2O5/c1-33-21-9-4-18(5-10-21)26-22(27(32)29-15-17-2-6-19(28)7-3-17)11-13-25(31)30(26)20-8-12-23-24(14-20)35-16-34-23/h2-10,12,14,22,26H,11,13,15-16H2,1H3,(H,29,32)/t22-,26+/m0/s1. The number of fused-ring (bicyclic) bond motifs is 1. The van der Waals surface area contributed by atoms with E-state index in [-0.39, 0.29) is 37.4 Å². The molecule has 0 aromatic heterocycles. The van der Waals surface area contributed by atoms with Gasteiger partial charge in [0, 0.05) is 24.7 Å². The third-order valence-corrected chi connectivity index (χ3v) is 6.41. The van der Waals surface area contributed by atoms with E-state index in [1.165, 1.54) is 12.1 Å². The number of amides is 2. The van der Waals surface area contributed by atoms with Crippen molar-refractivity contribution in [3.8, 4) is 17.2 Å². The van der Waals surface area contributed by atoms with Gasteiger partial charge in [0.05, 0.1) is 19.1 Å². The maximum Gasteiger partial charge on any atom is 0.231 e. The molecule has 2 aliphatic heterocycles. The third-order valence-electron chi connectivity index (χ3n) is 6.41. The SMILES string of the molecule is COc1ccc([C@@H]2[C@@H](C(=O)NCc3ccc(F)cc3)CCC(=O)N2c2ccc3c(c2)OCO3)cc1. The normalized spacial score (nSPS) is 18.9. The lowest BCUT2D eigenvalue weighted by Crippen LogP contribution is -2.48. The Kier molecular flexibility index (Phi) is 6.27. The van der Waals surface area contributed by atoms with Gasteiger partial charge in [0.15, 0.2) is 11.5 Å². The fourth-order valence-electron chi connectivity index (χ4n) is 4.61. The van der Waals surface area contributed by atoms with Crippen molar-refractivity contribution in [2.75, 3.05) is 18.8 Å². The highest BCUT2D eigenvalue weighted by Gasteiger charge is 2.41. The molecule has 8 heteroatoms. The molecule has 0 aliphatic carbocycles. The van der Waals surface area contributed by atoms with Gasteiger partial charge in [0.1, 0.15) is 11.6 Å². The van der Waals surface area contributed by atoms with Gasteiger partial charge in [-0.05, 0) is 53.9 Å². The quantitative estimate of drug-likeness (QED) is 0.572. The van der Waals surface area contributed by atoms with Crippen LogP contribution in [0.2, 0.25) is 0 Å². The fraction of sp³-hybridized carbons (Fsp3) is 0.259. The zero-order valence-electron chi connectivity index (χ0n) is 19.2. The average Bonchev–Trinajstić information content (AvgIpc) is 3.36. The molecule has 0 saturated carbocycles. The van der Waals surface area contributed by atoms with E-state index in [9.17, 15) is 14.0 Å². The first-order valence-corrected chi connectivity index (χ1v) is 11.4. The Hall–Kier alpha value is -4.07. The molecule has 0 bridgehead atoms. The van der Waals surface area contributed by atoms with Crippen molar-refractivity contribution in [2.45, 2.75) is 25.4 Å². The lowest BCUT2D eigenvalue weighted by atomic mass is 9.83. The Morgan fingerprint density at radius 3 is 2.54 bits per heavy atom. The molecule has 7 nitrogen and oxygen atoms in total. The van der Waals surface area contributed by atoms with E-state index in [0.29, 0.717) is 29.4 Å². The molecule has 2 aliphatic rings. The molecular weight excluding hydrogens is 451 g/mol. The van der Waals surface area contributed by atoms with E-state index in [0.717, 1.165) is 11.1 Å². The topological polar surface area (TPSA) is 77.1 Å². The van der Waals surface area contributed by atoms with Crippen LogP contribution < -0.4 is 24.4 Å². The van der Waals surface area contributed by atoms with Crippen molar-refractivity contribution in [3.05, 3.63) is 83.7 Å². The van der Waals surface area contributed by atoms with Crippen LogP contribution in [0.5, 0.6) is 17.2 Å². The van der Waals surface area contributed by atoms with Crippen molar-refractivity contribution in [2.24, 2.45) is 5.92 Å². The average molecular weight is 477 g/mol. The summed E-state index contributed by atoms with van der Waals surface area (Å²) in [6.07, 6.45) is 0.640. The summed E-state index contributed by atoms with van der Waals surface area (Å²) >= 11 is 0. The third kappa shape index (κ3) is 4.64. The van der Waals surface area contributed by atoms with Crippen LogP contribution in [0.3, 0.4) is 0 Å². The van der Waals surface area contributed by atoms with Crippen molar-refractivity contribution in [1.29, 1.82) is 0 Å². The second-order valence-electron chi connectivity index (χ2n) is 8.51. The molecule has 2 heterocycles. The Balaban J connectivity index is 1.47. The molecule has 1 fully saturated rings. The number of piperidine rings is 1. The maximum absolute atomic E-state index is 13.4. The second kappa shape index (κ2) is 9.66. The first-order valence-electron chi connectivity index (χ1n) is 11.4. The molecule has 1 N–H and O–H groups in total. The highest BCUT2D eigenvalue weighted by Crippen LogP contribution is 2.43. The summed E-state index contributed by atoms with van der Waals surface area (Å²) in [5.74, 6) is 0.791. The molecule has 5 rings (SSSR count). The molecule has 180 valence electrons. The van der Waals surface area contributed by atoms with Crippen LogP contribution in [0.15, 0.2) is 66.7 Å². The minimum Gasteiger partial charge on any atom is -0.497 e. The van der Waals surface area contributed by atoms with E-state index in [2.05, 4.69) is 5.32 Å². The second-order valence-corrected chi connectivity index (χ2v) is 8.51. The molecule has 35 heavy (non-hydrogen) atoms. The Morgan fingerprint density at radius 2 is 1.80 bits per heavy atom. The van der Waals surface area contributed by atoms with Crippen molar-refractivity contribution >= 4 is 17.5 Å². The summed E-state index contributed by atoms with van der Waals surface area (Å²) in [6.45, 7) is 0.395. The van der Waals surface area contributed by atoms with E-state index >= 15 is 0 Å². The smallest absolute Gasteiger partial charge is 0.231 e. The lowest BCUT2D eigenvalue weighted by Gasteiger charge is -2.41. The van der Waals surface area contributed by atoms with E-state index in [4.69, 9.17) is 14.2 Å². The first kappa shape index (κ1) is 22.7. The summed E-state index contributed by atoms with van der Waals surface area (Å²) < 4.78 is 29.5. The van der Waals surface area contributed by atoms with Crippen LogP contribution in [0.25, 0.3) is 0 Å². The molecule has 0 spiro atoms. The van der Waals surface area contributed by atoms with Crippen LogP contribution >= 0.6 is 0 Å². The number of benzene rings is 3. The molecule has 0 unspecified atom stereocenters. The molecule has 0 radical (unpaired) electrons. The number of nitrogens with zero attached hydrogens (tertiary/aromatic N) is 1. The summed E-state index contributed by atoms with van der Waals surface area (Å²) in [7, 11) is 1.59. The molecule has 1 saturated heterocycles. The number of ether oxygens (including phenoxy) is 3. The van der Waals surface area contributed by atoms with Gasteiger partial charge in [-0.3, -0.25) is 9.59 Å². The van der Waals surface area contributed by atoms with Gasteiger partial charge in [0.25, 0.3) is 0 Å². The molecular formula is C27H25FN2O5. The van der Waals surface area contributed by atoms with Gasteiger partial charge < -0.3 is 24.4 Å². The van der Waals surface area contributed by atoms with Crippen LogP contribution in [0.4, 0.5) is 10.1 Å². The first-order chi connectivity index (χ1) is 17.0. The van der Waals surface area contributed by atoms with Gasteiger partial charge in [-0.2, -0.15) is 0 Å². The Bertz CT molecular complexity index is 1230. The van der Waals surface area contributed by atoms with Crippen molar-refractivity contribution in [3.63, 3.8) is 0 Å². The maximum atomic E-state index is 13.4. The van der Waals surface area contributed by atoms with Crippen LogP contribution in [0.1, 0.15) is 30.0 Å². The van der Waals surface area contributed by atoms with Crippen LogP contribution in [-0.4, -0.2) is 25.7 Å². The summed E-state index contributed by atoms with van der Waals surface area (Å²) in [5, 5.41) is 2.97. The highest BCUT2D eigenvalue weighted by atomic mass is 19.1. The summed E-state index contributed by atoms with van der Waals surface area (Å²) in [4.78, 5) is 28.3. The molecule has 2 amide bonds. The Labute approximate surface area is 202 Å². The van der Waals surface area contributed by atoms with Crippen molar-refractivity contribution < 1.29 is 28.2 Å². The van der Waals surface area contributed by atoms with Crippen molar-refractivity contribution in [1.82, 2.24) is 5.32 Å². The number of halogens is 1. The lowest BCUT2D eigenvalue weighted by molar-refractivity contribution is -0.129. The summed E-state index contributed by atoms with van der Waals surface area (Å²) in [6, 6.07) is 18.2. The number of hydrogen-bond donors (Lipinski definition) is 1. The molecule has 3 aromatic rings. The van der Waals surface area contributed by atoms with Crippen LogP contribution in [0, 0.1) is 11.7 Å². The Morgan fingerprint density at radius 1 is 1.06 bits per heavy atom. The summed E-state index contributed by atoms with van der Waals surface area (Å²) in [5.41, 5.74) is 2.25. The fourth-order valence-corrected chi connectivity index (χ4v) is 4.61. The van der Waals surface area contributed by atoms with E-state index in [1.807, 2.05) is 24.3 Å². The monoisotopic (exact) mass is 476 g/mol. The highest BCUT2D eigenvalue weighted by molar-refractivity contribution is 5.97. The minimum absolute atomic E-state index is 0.0766. The van der Waals surface area contributed by atoms with Gasteiger partial charge in [-0.15, -0.1) is 0 Å². The zero-order valence-corrected chi connectivity index (χ0v) is 19.2. The predicted molar refractivity (Wildman–Crippen MR) is 127 cm³/mol. The number of nitrogens with one attached hydrogen (secondary N) is 1. The number of rotatable bonds is 6. The van der Waals surface area contributed by atoms with Crippen LogP contribution in [-0.2, 0) is 16.1 Å². The van der Waals surface area contributed by atoms with E-state index in [1.54, 1.807) is 42.3 Å². The van der Waals surface area contributed by atoms with Gasteiger partial charge in [-0.25, -0.2) is 4.39 Å². The zero-order chi connectivity index (χ0) is 24.4. The minimum atomic E-state index is -0.532. The number of carbonyl (C=O) groups excluding carboxylic acids is 2. The number of anilines is 1. The number of carbonyl (C=O) groups is 2. The van der Waals surface area contributed by atoms with E-state index < -0.39 is 12.0 Å². The largest absolute Gasteiger partial charge is 0.497 e. The van der Waals surface area contributed by atoms with Gasteiger partial charge in [0.2, 0.25) is 18.6 Å². The molecule has 3 aromatic carbocycles. The predicted octanol–water partition coefficient (Wildman–Crippen LogP) is 4.36. The van der Waals surface area contributed by atoms with Gasteiger partial charge >= 0.3 is 0 Å². The number of methoxy groups -OCH3 is 1. The molecule has 2 atom stereocenters.